The van der Waals surface area contributed by atoms with Crippen molar-refractivity contribution in [3.63, 3.8) is 0 Å². The molecule has 1 aromatic heterocycles. The summed E-state index contributed by atoms with van der Waals surface area (Å²) in [6, 6.07) is 6.93. The van der Waals surface area contributed by atoms with Gasteiger partial charge in [-0.3, -0.25) is 9.36 Å². The van der Waals surface area contributed by atoms with Crippen molar-refractivity contribution >= 4 is 27.8 Å². The molecular weight excluding hydrogens is 520 g/mol. The predicted molar refractivity (Wildman–Crippen MR) is 153 cm³/mol. The van der Waals surface area contributed by atoms with Gasteiger partial charge in [-0.2, -0.15) is 4.31 Å². The van der Waals surface area contributed by atoms with Gasteiger partial charge in [-0.25, -0.2) is 8.42 Å². The third-order valence-corrected chi connectivity index (χ3v) is 10.7. The van der Waals surface area contributed by atoms with Crippen LogP contribution >= 0.6 is 11.8 Å². The SMILES string of the molecule is CC[C@@H](C)n1c(SCC(=O)O[C@@H]2C[C@@H](C)CC[C@@H]2C(C)C)nnc1-c1cccc(S(=O)(=O)N(CC)CC)c1. The van der Waals surface area contributed by atoms with Crippen LogP contribution in [0, 0.1) is 17.8 Å². The minimum atomic E-state index is -3.60. The van der Waals surface area contributed by atoms with Crippen molar-refractivity contribution in [1.29, 1.82) is 0 Å². The zero-order valence-electron chi connectivity index (χ0n) is 23.9. The minimum absolute atomic E-state index is 0.0367. The summed E-state index contributed by atoms with van der Waals surface area (Å²) in [6.07, 6.45) is 3.99. The van der Waals surface area contributed by atoms with Gasteiger partial charge in [0.25, 0.3) is 0 Å². The molecule has 0 N–H and O–H groups in total. The highest BCUT2D eigenvalue weighted by molar-refractivity contribution is 7.99. The summed E-state index contributed by atoms with van der Waals surface area (Å²) in [6.45, 7) is 15.2. The van der Waals surface area contributed by atoms with Crippen molar-refractivity contribution in [3.8, 4) is 11.4 Å². The summed E-state index contributed by atoms with van der Waals surface area (Å²) in [5, 5.41) is 9.46. The lowest BCUT2D eigenvalue weighted by Gasteiger charge is -2.36. The first-order valence-corrected chi connectivity index (χ1v) is 16.3. The van der Waals surface area contributed by atoms with Gasteiger partial charge in [0, 0.05) is 24.7 Å². The number of carbonyl (C=O) groups excluding carboxylic acids is 1. The van der Waals surface area contributed by atoms with E-state index >= 15 is 0 Å². The number of hydrogen-bond acceptors (Lipinski definition) is 7. The molecule has 2 aromatic rings. The van der Waals surface area contributed by atoms with Crippen LogP contribution in [-0.2, 0) is 19.6 Å². The number of nitrogens with zero attached hydrogens (tertiary/aromatic N) is 4. The molecule has 0 amide bonds. The zero-order chi connectivity index (χ0) is 28.0. The molecule has 1 aliphatic rings. The van der Waals surface area contributed by atoms with Gasteiger partial charge in [0.05, 0.1) is 10.6 Å². The monoisotopic (exact) mass is 564 g/mol. The van der Waals surface area contributed by atoms with Crippen LogP contribution in [0.3, 0.4) is 0 Å². The summed E-state index contributed by atoms with van der Waals surface area (Å²) < 4.78 is 35.6. The van der Waals surface area contributed by atoms with Gasteiger partial charge >= 0.3 is 5.97 Å². The van der Waals surface area contributed by atoms with E-state index in [1.807, 2.05) is 24.5 Å². The lowest BCUT2D eigenvalue weighted by Crippen LogP contribution is -2.36. The Morgan fingerprint density at radius 2 is 1.87 bits per heavy atom. The summed E-state index contributed by atoms with van der Waals surface area (Å²) >= 11 is 1.32. The number of benzene rings is 1. The molecule has 1 fully saturated rings. The van der Waals surface area contributed by atoms with E-state index < -0.39 is 10.0 Å². The molecule has 1 aliphatic carbocycles. The van der Waals surface area contributed by atoms with Crippen LogP contribution in [-0.4, -0.2) is 58.4 Å². The smallest absolute Gasteiger partial charge is 0.316 e. The molecule has 8 nitrogen and oxygen atoms in total. The first-order valence-electron chi connectivity index (χ1n) is 13.9. The predicted octanol–water partition coefficient (Wildman–Crippen LogP) is 6.04. The number of hydrogen-bond donors (Lipinski definition) is 0. The van der Waals surface area contributed by atoms with E-state index in [9.17, 15) is 13.2 Å². The molecule has 0 unspecified atom stereocenters. The normalized spacial score (nSPS) is 21.1. The molecule has 0 saturated heterocycles. The standard InChI is InChI=1S/C28H44N4O4S2/c1-8-21(7)32-27(22-12-11-13-23(17-22)38(34,35)31(9-2)10-3)29-30-28(32)37-18-26(33)36-25-16-20(6)14-15-24(25)19(4)5/h11-13,17,19-21,24-25H,8-10,14-16,18H2,1-7H3/t20-,21+,24+,25+/m0/s1. The van der Waals surface area contributed by atoms with Crippen molar-refractivity contribution in [2.45, 2.75) is 96.3 Å². The van der Waals surface area contributed by atoms with Crippen molar-refractivity contribution < 1.29 is 17.9 Å². The number of sulfonamides is 1. The van der Waals surface area contributed by atoms with Crippen LogP contribution in [0.1, 0.15) is 80.2 Å². The largest absolute Gasteiger partial charge is 0.461 e. The number of aromatic nitrogens is 3. The summed E-state index contributed by atoms with van der Waals surface area (Å²) in [4.78, 5) is 13.1. The third kappa shape index (κ3) is 6.99. The van der Waals surface area contributed by atoms with E-state index in [1.54, 1.807) is 18.2 Å². The Kier molecular flexibility index (Phi) is 10.8. The first kappa shape index (κ1) is 30.6. The van der Waals surface area contributed by atoms with E-state index in [2.05, 4.69) is 44.8 Å². The van der Waals surface area contributed by atoms with Gasteiger partial charge in [0.1, 0.15) is 6.10 Å². The minimum Gasteiger partial charge on any atom is -0.461 e. The maximum atomic E-state index is 13.1. The van der Waals surface area contributed by atoms with E-state index in [4.69, 9.17) is 4.74 Å². The van der Waals surface area contributed by atoms with Crippen LogP contribution in [0.5, 0.6) is 0 Å². The number of thioether (sulfide) groups is 1. The molecule has 4 atom stereocenters. The molecule has 1 saturated carbocycles. The van der Waals surface area contributed by atoms with Crippen LogP contribution in [0.4, 0.5) is 0 Å². The molecular formula is C28H44N4O4S2. The Labute approximate surface area is 233 Å². The van der Waals surface area contributed by atoms with Crippen LogP contribution < -0.4 is 0 Å². The van der Waals surface area contributed by atoms with Gasteiger partial charge in [0.15, 0.2) is 11.0 Å². The second-order valence-electron chi connectivity index (χ2n) is 10.7. The molecule has 212 valence electrons. The molecule has 10 heteroatoms. The Morgan fingerprint density at radius 3 is 2.50 bits per heavy atom. The lowest BCUT2D eigenvalue weighted by molar-refractivity contribution is -0.152. The fourth-order valence-corrected chi connectivity index (χ4v) is 7.56. The average Bonchev–Trinajstić information content (AvgIpc) is 3.31. The highest BCUT2D eigenvalue weighted by Crippen LogP contribution is 2.36. The van der Waals surface area contributed by atoms with Gasteiger partial charge in [-0.1, -0.05) is 71.9 Å². The molecule has 0 bridgehead atoms. The topological polar surface area (TPSA) is 94.4 Å². The summed E-state index contributed by atoms with van der Waals surface area (Å²) in [7, 11) is -3.60. The molecule has 3 rings (SSSR count). The molecule has 0 radical (unpaired) electrons. The van der Waals surface area contributed by atoms with Gasteiger partial charge < -0.3 is 4.74 Å². The number of rotatable bonds is 12. The quantitative estimate of drug-likeness (QED) is 0.229. The van der Waals surface area contributed by atoms with Crippen molar-refractivity contribution in [2.24, 2.45) is 17.8 Å². The zero-order valence-corrected chi connectivity index (χ0v) is 25.5. The van der Waals surface area contributed by atoms with E-state index in [1.165, 1.54) is 22.5 Å². The lowest BCUT2D eigenvalue weighted by atomic mass is 9.75. The Bertz CT molecular complexity index is 1180. The third-order valence-electron chi connectivity index (χ3n) is 7.69. The van der Waals surface area contributed by atoms with Gasteiger partial charge in [-0.05, 0) is 56.1 Å². The second-order valence-corrected chi connectivity index (χ2v) is 13.6. The fraction of sp³-hybridized carbons (Fsp3) is 0.679. The maximum absolute atomic E-state index is 13.1. The molecule has 1 heterocycles. The van der Waals surface area contributed by atoms with Crippen LogP contribution in [0.25, 0.3) is 11.4 Å². The molecule has 0 aliphatic heterocycles. The molecule has 0 spiro atoms. The summed E-state index contributed by atoms with van der Waals surface area (Å²) in [5.74, 6) is 1.95. The van der Waals surface area contributed by atoms with Gasteiger partial charge in [-0.15, -0.1) is 10.2 Å². The Hall–Kier alpha value is -1.91. The van der Waals surface area contributed by atoms with E-state index in [-0.39, 0.29) is 28.8 Å². The Morgan fingerprint density at radius 1 is 1.16 bits per heavy atom. The highest BCUT2D eigenvalue weighted by atomic mass is 32.2. The van der Waals surface area contributed by atoms with Gasteiger partial charge in [0.2, 0.25) is 10.0 Å². The number of carbonyl (C=O) groups is 1. The van der Waals surface area contributed by atoms with Crippen LogP contribution in [0.15, 0.2) is 34.3 Å². The Balaban J connectivity index is 1.82. The number of ether oxygens (including phenoxy) is 1. The van der Waals surface area contributed by atoms with Crippen molar-refractivity contribution in [3.05, 3.63) is 24.3 Å². The fourth-order valence-electron chi connectivity index (χ4n) is 5.24. The molecule has 38 heavy (non-hydrogen) atoms. The maximum Gasteiger partial charge on any atom is 0.316 e. The highest BCUT2D eigenvalue weighted by Gasteiger charge is 2.33. The van der Waals surface area contributed by atoms with Crippen molar-refractivity contribution in [1.82, 2.24) is 19.1 Å². The van der Waals surface area contributed by atoms with Crippen LogP contribution in [0.2, 0.25) is 0 Å². The van der Waals surface area contributed by atoms with E-state index in [0.29, 0.717) is 47.4 Å². The second kappa shape index (κ2) is 13.4. The molecule has 1 aromatic carbocycles. The average molecular weight is 565 g/mol. The summed E-state index contributed by atoms with van der Waals surface area (Å²) in [5.41, 5.74) is 0.677. The van der Waals surface area contributed by atoms with Crippen molar-refractivity contribution in [2.75, 3.05) is 18.8 Å². The first-order chi connectivity index (χ1) is 18.0. The van der Waals surface area contributed by atoms with E-state index in [0.717, 1.165) is 19.3 Å². The number of esters is 1.